The first kappa shape index (κ1) is 21.3. The Morgan fingerprint density at radius 2 is 1.39 bits per heavy atom. The molecule has 1 heterocycles. The summed E-state index contributed by atoms with van der Waals surface area (Å²) in [5.74, 6) is 0. The van der Waals surface area contributed by atoms with E-state index in [0.29, 0.717) is 0 Å². The Balaban J connectivity index is 0.000000418. The van der Waals surface area contributed by atoms with E-state index < -0.39 is 0 Å². The molecule has 0 saturated heterocycles. The lowest BCUT2D eigenvalue weighted by Gasteiger charge is -2.24. The highest BCUT2D eigenvalue weighted by Gasteiger charge is 2.37. The fourth-order valence-corrected chi connectivity index (χ4v) is 4.99. The van der Waals surface area contributed by atoms with Crippen LogP contribution in [-0.4, -0.2) is 4.98 Å². The van der Waals surface area contributed by atoms with Crippen molar-refractivity contribution in [2.75, 3.05) is 0 Å². The Hall–Kier alpha value is -2.93. The third-order valence-corrected chi connectivity index (χ3v) is 6.56. The van der Waals surface area contributed by atoms with Gasteiger partial charge < -0.3 is 0 Å². The number of hydrogen-bond acceptors (Lipinski definition) is 1. The number of aromatic nitrogens is 1. The summed E-state index contributed by atoms with van der Waals surface area (Å²) >= 11 is 0. The molecule has 1 aliphatic rings. The molecule has 1 nitrogen and oxygen atoms in total. The average molecular weight is 408 g/mol. The van der Waals surface area contributed by atoms with E-state index in [1.807, 2.05) is 0 Å². The number of rotatable bonds is 3. The molecule has 0 saturated carbocycles. The summed E-state index contributed by atoms with van der Waals surface area (Å²) in [5, 5.41) is 1.18. The number of benzene rings is 3. The van der Waals surface area contributed by atoms with E-state index in [2.05, 4.69) is 107 Å². The fraction of sp³-hybridized carbons (Fsp3) is 0.300. The van der Waals surface area contributed by atoms with E-state index in [0.717, 1.165) is 11.2 Å². The monoisotopic (exact) mass is 407 g/mol. The molecule has 1 heteroatoms. The van der Waals surface area contributed by atoms with Gasteiger partial charge in [0.1, 0.15) is 0 Å². The Bertz CT molecular complexity index is 1210. The lowest BCUT2D eigenvalue weighted by atomic mass is 9.79. The van der Waals surface area contributed by atoms with Gasteiger partial charge >= 0.3 is 0 Å². The van der Waals surface area contributed by atoms with Gasteiger partial charge in [-0.3, -0.25) is 0 Å². The van der Waals surface area contributed by atoms with Crippen LogP contribution in [0.15, 0.2) is 72.8 Å². The maximum absolute atomic E-state index is 4.93. The van der Waals surface area contributed by atoms with Crippen molar-refractivity contribution in [3.8, 4) is 22.4 Å². The van der Waals surface area contributed by atoms with Gasteiger partial charge in [-0.15, -0.1) is 0 Å². The summed E-state index contributed by atoms with van der Waals surface area (Å²) in [6, 6.07) is 25.9. The lowest BCUT2D eigenvalue weighted by molar-refractivity contribution is 0.656. The Kier molecular flexibility index (Phi) is 5.96. The van der Waals surface area contributed by atoms with Gasteiger partial charge in [0.05, 0.1) is 11.2 Å². The standard InChI is InChI=1S/C25H21N.C5H12/c1-16-18(23-15-12-17-8-4-7-11-22(17)26-23)13-14-20-19-9-5-6-10-21(19)25(2,3)24(16)20;1-3-5-4-2/h4-15H,1-3H3;3-5H2,1-2H3. The largest absolute Gasteiger partial charge is 0.248 e. The van der Waals surface area contributed by atoms with E-state index in [9.17, 15) is 0 Å². The molecule has 158 valence electrons. The van der Waals surface area contributed by atoms with Crippen molar-refractivity contribution in [3.05, 3.63) is 89.5 Å². The summed E-state index contributed by atoms with van der Waals surface area (Å²) in [6.45, 7) is 11.3. The molecule has 31 heavy (non-hydrogen) atoms. The summed E-state index contributed by atoms with van der Waals surface area (Å²) in [5.41, 5.74) is 10.3. The maximum Gasteiger partial charge on any atom is 0.0712 e. The van der Waals surface area contributed by atoms with Gasteiger partial charge in [-0.1, -0.05) is 108 Å². The summed E-state index contributed by atoms with van der Waals surface area (Å²) in [6.07, 6.45) is 4.08. The van der Waals surface area contributed by atoms with Crippen LogP contribution >= 0.6 is 0 Å². The molecule has 3 aromatic carbocycles. The smallest absolute Gasteiger partial charge is 0.0712 e. The van der Waals surface area contributed by atoms with Crippen molar-refractivity contribution in [1.82, 2.24) is 4.98 Å². The summed E-state index contributed by atoms with van der Waals surface area (Å²) in [7, 11) is 0. The minimum absolute atomic E-state index is 0.0167. The Morgan fingerprint density at radius 1 is 0.710 bits per heavy atom. The number of pyridine rings is 1. The molecule has 4 aromatic rings. The van der Waals surface area contributed by atoms with Crippen LogP contribution in [0.25, 0.3) is 33.3 Å². The zero-order valence-corrected chi connectivity index (χ0v) is 19.5. The normalized spacial score (nSPS) is 13.3. The molecule has 0 unspecified atom stereocenters. The second-order valence-corrected chi connectivity index (χ2v) is 9.07. The van der Waals surface area contributed by atoms with Crippen molar-refractivity contribution in [2.24, 2.45) is 0 Å². The number of hydrogen-bond donors (Lipinski definition) is 0. The topological polar surface area (TPSA) is 12.9 Å². The SMILES string of the molecule is CCCCC.Cc1c(-c2ccc3ccccc3n2)ccc2c1C(C)(C)c1ccccc1-2. The molecule has 0 atom stereocenters. The molecule has 0 bridgehead atoms. The van der Waals surface area contributed by atoms with E-state index >= 15 is 0 Å². The predicted molar refractivity (Wildman–Crippen MR) is 135 cm³/mol. The number of unbranched alkanes of at least 4 members (excludes halogenated alkanes) is 2. The zero-order chi connectivity index (χ0) is 22.0. The van der Waals surface area contributed by atoms with Crippen molar-refractivity contribution < 1.29 is 0 Å². The third-order valence-electron chi connectivity index (χ3n) is 6.56. The van der Waals surface area contributed by atoms with Crippen LogP contribution in [0.4, 0.5) is 0 Å². The second kappa shape index (κ2) is 8.67. The van der Waals surface area contributed by atoms with Crippen LogP contribution in [0.1, 0.15) is 63.6 Å². The minimum atomic E-state index is 0.0167. The third kappa shape index (κ3) is 3.78. The van der Waals surface area contributed by atoms with Crippen molar-refractivity contribution >= 4 is 10.9 Å². The molecule has 5 rings (SSSR count). The van der Waals surface area contributed by atoms with Gasteiger partial charge in [-0.2, -0.15) is 0 Å². The van der Waals surface area contributed by atoms with Gasteiger partial charge in [0.25, 0.3) is 0 Å². The van der Waals surface area contributed by atoms with Gasteiger partial charge in [0.15, 0.2) is 0 Å². The highest BCUT2D eigenvalue weighted by Crippen LogP contribution is 2.51. The van der Waals surface area contributed by atoms with Crippen molar-refractivity contribution in [1.29, 1.82) is 0 Å². The first-order chi connectivity index (χ1) is 15.0. The number of para-hydroxylation sites is 1. The number of fused-ring (bicyclic) bond motifs is 4. The molecular weight excluding hydrogens is 374 g/mol. The fourth-order valence-electron chi connectivity index (χ4n) is 4.99. The van der Waals surface area contributed by atoms with Crippen LogP contribution in [0.3, 0.4) is 0 Å². The van der Waals surface area contributed by atoms with Gasteiger partial charge in [-0.05, 0) is 46.9 Å². The van der Waals surface area contributed by atoms with Crippen LogP contribution in [0.5, 0.6) is 0 Å². The van der Waals surface area contributed by atoms with E-state index in [1.165, 1.54) is 58.0 Å². The molecule has 0 N–H and O–H groups in total. The number of nitrogens with zero attached hydrogens (tertiary/aromatic N) is 1. The average Bonchev–Trinajstić information content (AvgIpc) is 3.02. The Morgan fingerprint density at radius 3 is 2.13 bits per heavy atom. The summed E-state index contributed by atoms with van der Waals surface area (Å²) < 4.78 is 0. The van der Waals surface area contributed by atoms with Gasteiger partial charge in [0, 0.05) is 16.4 Å². The minimum Gasteiger partial charge on any atom is -0.248 e. The molecule has 0 radical (unpaired) electrons. The molecule has 0 aliphatic heterocycles. The molecule has 0 fully saturated rings. The maximum atomic E-state index is 4.93. The van der Waals surface area contributed by atoms with E-state index in [-0.39, 0.29) is 5.41 Å². The van der Waals surface area contributed by atoms with Crippen LogP contribution < -0.4 is 0 Å². The summed E-state index contributed by atoms with van der Waals surface area (Å²) in [4.78, 5) is 4.93. The first-order valence-corrected chi connectivity index (χ1v) is 11.6. The highest BCUT2D eigenvalue weighted by molar-refractivity contribution is 5.87. The van der Waals surface area contributed by atoms with Gasteiger partial charge in [0.2, 0.25) is 0 Å². The Labute approximate surface area is 187 Å². The predicted octanol–water partition coefficient (Wildman–Crippen LogP) is 8.71. The molecular formula is C30H33N. The molecule has 1 aromatic heterocycles. The van der Waals surface area contributed by atoms with Crippen molar-refractivity contribution in [3.63, 3.8) is 0 Å². The van der Waals surface area contributed by atoms with E-state index in [1.54, 1.807) is 0 Å². The first-order valence-electron chi connectivity index (χ1n) is 11.6. The van der Waals surface area contributed by atoms with Crippen LogP contribution in [-0.2, 0) is 5.41 Å². The van der Waals surface area contributed by atoms with Crippen molar-refractivity contribution in [2.45, 2.75) is 59.3 Å². The molecule has 0 spiro atoms. The lowest BCUT2D eigenvalue weighted by Crippen LogP contribution is -2.16. The molecule has 1 aliphatic carbocycles. The van der Waals surface area contributed by atoms with E-state index in [4.69, 9.17) is 4.98 Å². The van der Waals surface area contributed by atoms with Gasteiger partial charge in [-0.25, -0.2) is 4.98 Å². The molecule has 0 amide bonds. The van der Waals surface area contributed by atoms with Crippen LogP contribution in [0, 0.1) is 6.92 Å². The second-order valence-electron chi connectivity index (χ2n) is 9.07. The highest BCUT2D eigenvalue weighted by atomic mass is 14.7. The zero-order valence-electron chi connectivity index (χ0n) is 19.5. The van der Waals surface area contributed by atoms with Crippen LogP contribution in [0.2, 0.25) is 0 Å². The quantitative estimate of drug-likeness (QED) is 0.331.